The molecule has 465 valence electrons. The third-order valence-electron chi connectivity index (χ3n) is 16.6. The van der Waals surface area contributed by atoms with E-state index in [9.17, 15) is 14.4 Å². The number of amides is 2. The molecule has 0 spiro atoms. The number of hydrogen-bond acceptors (Lipinski definition) is 17. The van der Waals surface area contributed by atoms with E-state index >= 15 is 0 Å². The summed E-state index contributed by atoms with van der Waals surface area (Å²) in [4.78, 5) is 66.0. The van der Waals surface area contributed by atoms with Crippen LogP contribution in [-0.2, 0) is 20.7 Å². The van der Waals surface area contributed by atoms with Gasteiger partial charge < -0.3 is 42.3 Å². The molecule has 88 heavy (non-hydrogen) atoms. The summed E-state index contributed by atoms with van der Waals surface area (Å²) in [6.45, 7) is 24.0. The fourth-order valence-corrected chi connectivity index (χ4v) is 14.7. The van der Waals surface area contributed by atoms with Crippen LogP contribution < -0.4 is 45.9 Å². The summed E-state index contributed by atoms with van der Waals surface area (Å²) in [6.07, 6.45) is 9.76. The van der Waals surface area contributed by atoms with Crippen molar-refractivity contribution >= 4 is 114 Å². The van der Waals surface area contributed by atoms with Crippen LogP contribution in [0.1, 0.15) is 150 Å². The topological polar surface area (TPSA) is 208 Å². The fourth-order valence-electron chi connectivity index (χ4n) is 11.6. The predicted octanol–water partition coefficient (Wildman–Crippen LogP) is 9.49. The second-order valence-corrected chi connectivity index (χ2v) is 28.7. The second kappa shape index (κ2) is 30.7. The molecule has 3 aromatic carbocycles. The number of nitrogens with one attached hydrogen (secondary N) is 2. The van der Waals surface area contributed by atoms with Crippen molar-refractivity contribution in [1.82, 2.24) is 44.9 Å². The fraction of sp³-hybridized carbons (Fsp3) is 0.515. The molecule has 10 heterocycles. The van der Waals surface area contributed by atoms with Crippen molar-refractivity contribution in [3.05, 3.63) is 110 Å². The van der Waals surface area contributed by atoms with Crippen LogP contribution in [0.3, 0.4) is 0 Å². The number of thiazole rings is 3. The molecule has 0 saturated carbocycles. The Labute approximate surface area is 557 Å². The van der Waals surface area contributed by atoms with Crippen LogP contribution in [0.25, 0.3) is 36.3 Å². The van der Waals surface area contributed by atoms with Crippen molar-refractivity contribution in [2.75, 3.05) is 91.1 Å². The summed E-state index contributed by atoms with van der Waals surface area (Å²) in [5.74, 6) is 1.57. The zero-order valence-corrected chi connectivity index (χ0v) is 57.0. The van der Waals surface area contributed by atoms with Gasteiger partial charge in [0.05, 0.1) is 63.3 Å². The standard InChI is InChI=1S/C22H29N3O2S.C17H23N3S.C17H21N3S.C9H11N3O3.CH4.B.Na.H/c1-14-6-8-18(25(11-14)21(26)27-22(2,3)4)15-7-9-19-17(10-15)23-20(28-19)16-12-24(5)13-16;2*1-11-3-5-14(18-8-11)12-4-6-16-15(7-12)19-17(21-16)13-9-20(2)10-13;1-2-5-3-6(4-11-7(5)10)12-8(13)9(14)15;;;;/h7-10,14,16H,6,11-13H2,1-5H3;4,6-7,11,13-14,18H,3,5,8-10H2,1-2H3;4,6-7,11,13H,3,5,8-10H2,1-2H3;3-4H,2H2,1H3,(H2,10,11)(H,12,13)(H,14,15);1H4;;;/q;;;;;;+1;-1/t14-;11-,14+;11-;;;;;/m000...../s1. The van der Waals surface area contributed by atoms with E-state index < -0.39 is 17.5 Å². The smallest absolute Gasteiger partial charge is 1.00 e. The summed E-state index contributed by atoms with van der Waals surface area (Å²) in [5.41, 5.74) is 15.4. The Morgan fingerprint density at radius 2 is 1.27 bits per heavy atom. The number of carboxylic acids is 1. The Morgan fingerprint density at radius 1 is 0.739 bits per heavy atom. The van der Waals surface area contributed by atoms with Gasteiger partial charge in [0.2, 0.25) is 0 Å². The number of aromatic nitrogens is 4. The normalized spacial score (nSPS) is 20.9. The number of likely N-dealkylation sites (tertiary alicyclic amines) is 3. The Kier molecular flexibility index (Phi) is 24.5. The monoisotopic (exact) mass is 1260 g/mol. The molecule has 17 nitrogen and oxygen atoms in total. The molecule has 4 fully saturated rings. The van der Waals surface area contributed by atoms with Gasteiger partial charge in [0.25, 0.3) is 0 Å². The maximum Gasteiger partial charge on any atom is 1.00 e. The molecule has 4 saturated heterocycles. The summed E-state index contributed by atoms with van der Waals surface area (Å²) in [5, 5.41) is 18.1. The van der Waals surface area contributed by atoms with Gasteiger partial charge in [-0.1, -0.05) is 59.4 Å². The average molecular weight is 1260 g/mol. The van der Waals surface area contributed by atoms with Gasteiger partial charge in [0, 0.05) is 95.8 Å². The molecule has 0 bridgehead atoms. The molecule has 6 aliphatic rings. The van der Waals surface area contributed by atoms with E-state index in [0.717, 1.165) is 105 Å². The van der Waals surface area contributed by atoms with Crippen molar-refractivity contribution in [3.8, 4) is 0 Å². The average Bonchev–Trinajstić information content (AvgIpc) is 1.77. The molecule has 0 unspecified atom stereocenters. The van der Waals surface area contributed by atoms with Crippen molar-refractivity contribution in [1.29, 1.82) is 0 Å². The quantitative estimate of drug-likeness (QED) is 0.0826. The number of rotatable bonds is 8. The number of likely N-dealkylation sites (N-methyl/N-ethyl adjacent to an activating group) is 3. The van der Waals surface area contributed by atoms with E-state index in [-0.39, 0.29) is 52.9 Å². The number of carbonyl (C=O) groups is 3. The Bertz CT molecular complexity index is 3600. The van der Waals surface area contributed by atoms with Gasteiger partial charge in [-0.05, 0) is 164 Å². The summed E-state index contributed by atoms with van der Waals surface area (Å²) in [6, 6.07) is 22.1. The number of nitrogen functional groups attached to an aromatic ring is 1. The van der Waals surface area contributed by atoms with Crippen LogP contribution in [0.2, 0.25) is 0 Å². The van der Waals surface area contributed by atoms with Crippen LogP contribution >= 0.6 is 34.0 Å². The van der Waals surface area contributed by atoms with Crippen LogP contribution in [0, 0.1) is 17.8 Å². The Balaban J connectivity index is 0.000000190. The number of hydrogen-bond donors (Lipinski definition) is 4. The third-order valence-corrected chi connectivity index (χ3v) is 20.2. The summed E-state index contributed by atoms with van der Waals surface area (Å²) in [7, 11) is 6.49. The zero-order valence-electron chi connectivity index (χ0n) is 53.6. The molecule has 13 rings (SSSR count). The van der Waals surface area contributed by atoms with E-state index in [1.807, 2.05) is 50.4 Å². The van der Waals surface area contributed by atoms with Gasteiger partial charge in [-0.3, -0.25) is 14.7 Å². The van der Waals surface area contributed by atoms with Gasteiger partial charge >= 0.3 is 47.5 Å². The van der Waals surface area contributed by atoms with Crippen LogP contribution in [-0.4, -0.2) is 162 Å². The predicted molar refractivity (Wildman–Crippen MR) is 361 cm³/mol. The Morgan fingerprint density at radius 3 is 1.76 bits per heavy atom. The maximum atomic E-state index is 12.8. The first-order valence-corrected chi connectivity index (χ1v) is 32.6. The van der Waals surface area contributed by atoms with Crippen LogP contribution in [0.5, 0.6) is 0 Å². The number of allylic oxidation sites excluding steroid dienone is 1. The van der Waals surface area contributed by atoms with Gasteiger partial charge in [-0.2, -0.15) is 0 Å². The molecule has 5 N–H and O–H groups in total. The van der Waals surface area contributed by atoms with E-state index in [4.69, 9.17) is 35.5 Å². The van der Waals surface area contributed by atoms with Gasteiger partial charge in [-0.15, -0.1) is 34.0 Å². The largest absolute Gasteiger partial charge is 1.00 e. The summed E-state index contributed by atoms with van der Waals surface area (Å²) < 4.78 is 9.52. The number of fused-ring (bicyclic) bond motifs is 3. The molecule has 4 aromatic heterocycles. The SMILES string of the molecule is C.CCc1cc(NC(=O)C(=O)O)cnc1N.C[C@H]1CC=C(c2ccc3sc(C4CN(C)C4)nc3c2)N(C(=O)OC(C)(C)C)C1.C[C@H]1CCC(c2ccc3sc(C4CN(C)C4)nc3c2)=NC1.C[C@H]1CC[C@H](c2ccc3sc(C4CN(C)C4)nc3c2)NC1.[B].[H-].[Na+]. The van der Waals surface area contributed by atoms with Crippen molar-refractivity contribution < 1.29 is 55.2 Å². The van der Waals surface area contributed by atoms with E-state index in [2.05, 4.69) is 133 Å². The molecule has 7 aromatic rings. The van der Waals surface area contributed by atoms with Crippen molar-refractivity contribution in [2.45, 2.75) is 124 Å². The number of nitrogens with two attached hydrogens (primary N) is 1. The number of anilines is 2. The number of aryl methyl sites for hydroxylation is 1. The van der Waals surface area contributed by atoms with Crippen molar-refractivity contribution in [2.24, 2.45) is 22.7 Å². The molecule has 4 atom stereocenters. The van der Waals surface area contributed by atoms with Gasteiger partial charge in [0.1, 0.15) is 11.4 Å². The molecule has 2 amide bonds. The maximum absolute atomic E-state index is 12.8. The summed E-state index contributed by atoms with van der Waals surface area (Å²) >= 11 is 5.53. The number of nitrogens with zero attached hydrogens (tertiary/aromatic N) is 9. The number of carbonyl (C=O) groups excluding carboxylic acids is 2. The number of aliphatic carboxylic acids is 1. The molecular formula is C66H89BN12NaO5S3. The molecule has 6 aliphatic heterocycles. The minimum Gasteiger partial charge on any atom is -1.00 e. The number of aliphatic imine (C=N–C) groups is 1. The van der Waals surface area contributed by atoms with Crippen LogP contribution in [0.4, 0.5) is 16.3 Å². The van der Waals surface area contributed by atoms with Gasteiger partial charge in [-0.25, -0.2) is 29.5 Å². The first-order chi connectivity index (χ1) is 40.6. The molecule has 3 radical (unpaired) electrons. The number of carboxylic acid groups (broad SMARTS) is 1. The first-order valence-electron chi connectivity index (χ1n) is 30.2. The first kappa shape index (κ1) is 70.3. The van der Waals surface area contributed by atoms with E-state index in [1.165, 1.54) is 76.9 Å². The van der Waals surface area contributed by atoms with Crippen molar-refractivity contribution in [3.63, 3.8) is 0 Å². The minimum atomic E-state index is -1.54. The molecular weight excluding hydrogens is 1170 g/mol. The third kappa shape index (κ3) is 17.6. The number of piperidine rings is 1. The number of benzene rings is 3. The van der Waals surface area contributed by atoms with Crippen LogP contribution in [0.15, 0.2) is 77.9 Å². The van der Waals surface area contributed by atoms with Gasteiger partial charge in [0.15, 0.2) is 0 Å². The number of ether oxygens (including phenoxy) is 1. The Hall–Kier alpha value is -5.20. The zero-order chi connectivity index (χ0) is 60.3. The molecule has 22 heteroatoms. The number of pyridine rings is 1. The van der Waals surface area contributed by atoms with E-state index in [0.29, 0.717) is 54.2 Å². The van der Waals surface area contributed by atoms with E-state index in [1.54, 1.807) is 22.3 Å². The second-order valence-electron chi connectivity index (χ2n) is 25.5. The minimum absolute atomic E-state index is 0. The molecule has 0 aliphatic carbocycles.